The van der Waals surface area contributed by atoms with Crippen molar-refractivity contribution in [1.82, 2.24) is 0 Å². The van der Waals surface area contributed by atoms with Gasteiger partial charge >= 0.3 is 5.97 Å². The molecule has 0 heterocycles. The molecule has 23 heavy (non-hydrogen) atoms. The van der Waals surface area contributed by atoms with E-state index in [1.165, 1.54) is 18.2 Å². The van der Waals surface area contributed by atoms with Gasteiger partial charge < -0.3 is 10.1 Å². The summed E-state index contributed by atoms with van der Waals surface area (Å²) in [6.07, 6.45) is 0. The molecular formula is C16H12ClF2NO3. The van der Waals surface area contributed by atoms with Crippen LogP contribution in [0.5, 0.6) is 0 Å². The van der Waals surface area contributed by atoms with Crippen LogP contribution in [0.4, 0.5) is 14.5 Å². The number of esters is 1. The lowest BCUT2D eigenvalue weighted by Crippen LogP contribution is -2.14. The van der Waals surface area contributed by atoms with Crippen molar-refractivity contribution >= 4 is 29.2 Å². The summed E-state index contributed by atoms with van der Waals surface area (Å²) < 4.78 is 31.1. The van der Waals surface area contributed by atoms with Crippen molar-refractivity contribution in [3.05, 3.63) is 64.2 Å². The van der Waals surface area contributed by atoms with Crippen molar-refractivity contribution in [1.29, 1.82) is 0 Å². The summed E-state index contributed by atoms with van der Waals surface area (Å²) in [5.74, 6) is -3.58. The second kappa shape index (κ2) is 7.19. The van der Waals surface area contributed by atoms with E-state index < -0.39 is 23.5 Å². The van der Waals surface area contributed by atoms with Gasteiger partial charge in [0, 0.05) is 5.69 Å². The van der Waals surface area contributed by atoms with Gasteiger partial charge in [0.25, 0.3) is 5.91 Å². The molecule has 2 rings (SSSR count). The van der Waals surface area contributed by atoms with E-state index in [1.54, 1.807) is 13.0 Å². The average molecular weight is 340 g/mol. The summed E-state index contributed by atoms with van der Waals surface area (Å²) in [4.78, 5) is 23.7. The van der Waals surface area contributed by atoms with Crippen LogP contribution >= 0.6 is 11.6 Å². The number of rotatable bonds is 4. The Labute approximate surface area is 136 Å². The number of halogens is 3. The monoisotopic (exact) mass is 339 g/mol. The second-order valence-electron chi connectivity index (χ2n) is 4.50. The number of amides is 1. The standard InChI is InChI=1S/C16H12ClF2NO3/c1-2-23-16(22)9-4-3-5-10(6-9)20-15(21)11-7-13(18)14(19)8-12(11)17/h3-8H,2H2,1H3,(H,20,21). The van der Waals surface area contributed by atoms with Crippen LogP contribution in [0.25, 0.3) is 0 Å². The largest absolute Gasteiger partial charge is 0.462 e. The fourth-order valence-corrected chi connectivity index (χ4v) is 2.07. The van der Waals surface area contributed by atoms with Gasteiger partial charge in [-0.3, -0.25) is 4.79 Å². The van der Waals surface area contributed by atoms with E-state index in [0.29, 0.717) is 11.8 Å². The molecule has 0 aliphatic rings. The van der Waals surface area contributed by atoms with Crippen molar-refractivity contribution in [2.45, 2.75) is 6.92 Å². The molecule has 4 nitrogen and oxygen atoms in total. The molecule has 1 N–H and O–H groups in total. The van der Waals surface area contributed by atoms with Gasteiger partial charge in [0.1, 0.15) is 0 Å². The van der Waals surface area contributed by atoms with E-state index in [2.05, 4.69) is 5.32 Å². The van der Waals surface area contributed by atoms with Crippen LogP contribution in [0, 0.1) is 11.6 Å². The molecule has 0 fully saturated rings. The van der Waals surface area contributed by atoms with Gasteiger partial charge in [-0.25, -0.2) is 13.6 Å². The third-order valence-corrected chi connectivity index (χ3v) is 3.20. The molecule has 0 bridgehead atoms. The molecule has 120 valence electrons. The summed E-state index contributed by atoms with van der Waals surface area (Å²) in [6, 6.07) is 7.45. The number of hydrogen-bond acceptors (Lipinski definition) is 3. The molecule has 1 amide bonds. The highest BCUT2D eigenvalue weighted by Gasteiger charge is 2.16. The van der Waals surface area contributed by atoms with Gasteiger partial charge in [0.15, 0.2) is 11.6 Å². The third-order valence-electron chi connectivity index (χ3n) is 2.89. The van der Waals surface area contributed by atoms with Gasteiger partial charge in [0.2, 0.25) is 0 Å². The first-order valence-electron chi connectivity index (χ1n) is 6.65. The highest BCUT2D eigenvalue weighted by Crippen LogP contribution is 2.21. The second-order valence-corrected chi connectivity index (χ2v) is 4.91. The zero-order valence-corrected chi connectivity index (χ0v) is 12.8. The van der Waals surface area contributed by atoms with Crippen molar-refractivity contribution < 1.29 is 23.1 Å². The number of nitrogens with one attached hydrogen (secondary N) is 1. The molecule has 0 aliphatic carbocycles. The summed E-state index contributed by atoms with van der Waals surface area (Å²) in [7, 11) is 0. The Bertz CT molecular complexity index is 765. The van der Waals surface area contributed by atoms with Crippen LogP contribution in [0.2, 0.25) is 5.02 Å². The lowest BCUT2D eigenvalue weighted by Gasteiger charge is -2.09. The van der Waals surface area contributed by atoms with E-state index in [4.69, 9.17) is 16.3 Å². The van der Waals surface area contributed by atoms with Crippen LogP contribution < -0.4 is 5.32 Å². The summed E-state index contributed by atoms with van der Waals surface area (Å²) >= 11 is 5.74. The summed E-state index contributed by atoms with van der Waals surface area (Å²) in [5, 5.41) is 2.24. The molecular weight excluding hydrogens is 328 g/mol. The number of carbonyl (C=O) groups excluding carboxylic acids is 2. The van der Waals surface area contributed by atoms with Crippen molar-refractivity contribution in [3.8, 4) is 0 Å². The molecule has 0 aliphatic heterocycles. The highest BCUT2D eigenvalue weighted by molar-refractivity contribution is 6.34. The maximum absolute atomic E-state index is 13.2. The van der Waals surface area contributed by atoms with Crippen LogP contribution in [0.1, 0.15) is 27.6 Å². The van der Waals surface area contributed by atoms with Crippen molar-refractivity contribution in [2.24, 2.45) is 0 Å². The van der Waals surface area contributed by atoms with Crippen LogP contribution in [-0.2, 0) is 4.74 Å². The Morgan fingerprint density at radius 2 is 1.87 bits per heavy atom. The van der Waals surface area contributed by atoms with Crippen LogP contribution in [-0.4, -0.2) is 18.5 Å². The van der Waals surface area contributed by atoms with Gasteiger partial charge in [-0.05, 0) is 37.3 Å². The predicted molar refractivity (Wildman–Crippen MR) is 81.7 cm³/mol. The van der Waals surface area contributed by atoms with E-state index in [9.17, 15) is 18.4 Å². The van der Waals surface area contributed by atoms with Gasteiger partial charge in [-0.2, -0.15) is 0 Å². The molecule has 0 saturated carbocycles. The number of anilines is 1. The summed E-state index contributed by atoms with van der Waals surface area (Å²) in [5.41, 5.74) is 0.328. The highest BCUT2D eigenvalue weighted by atomic mass is 35.5. The molecule has 0 atom stereocenters. The SMILES string of the molecule is CCOC(=O)c1cccc(NC(=O)c2cc(F)c(F)cc2Cl)c1. The minimum atomic E-state index is -1.18. The number of benzene rings is 2. The zero-order chi connectivity index (χ0) is 17.0. The lowest BCUT2D eigenvalue weighted by molar-refractivity contribution is 0.0526. The third kappa shape index (κ3) is 4.04. The molecule has 0 saturated heterocycles. The minimum Gasteiger partial charge on any atom is -0.462 e. The lowest BCUT2D eigenvalue weighted by atomic mass is 10.1. The van der Waals surface area contributed by atoms with Crippen molar-refractivity contribution in [3.63, 3.8) is 0 Å². The molecule has 0 spiro atoms. The Morgan fingerprint density at radius 1 is 1.17 bits per heavy atom. The summed E-state index contributed by atoms with van der Waals surface area (Å²) in [6.45, 7) is 1.90. The Hall–Kier alpha value is -2.47. The normalized spacial score (nSPS) is 10.3. The number of ether oxygens (including phenoxy) is 1. The van der Waals surface area contributed by atoms with E-state index >= 15 is 0 Å². The minimum absolute atomic E-state index is 0.216. The fraction of sp³-hybridized carbons (Fsp3) is 0.125. The number of carbonyl (C=O) groups is 2. The molecule has 0 unspecified atom stereocenters. The quantitative estimate of drug-likeness (QED) is 0.675. The fourth-order valence-electron chi connectivity index (χ4n) is 1.83. The average Bonchev–Trinajstić information content (AvgIpc) is 2.51. The molecule has 2 aromatic rings. The molecule has 0 radical (unpaired) electrons. The first-order valence-corrected chi connectivity index (χ1v) is 7.03. The molecule has 0 aromatic heterocycles. The van der Waals surface area contributed by atoms with Gasteiger partial charge in [-0.15, -0.1) is 0 Å². The van der Waals surface area contributed by atoms with E-state index in [1.807, 2.05) is 0 Å². The Balaban J connectivity index is 2.22. The smallest absolute Gasteiger partial charge is 0.338 e. The number of hydrogen-bond donors (Lipinski definition) is 1. The van der Waals surface area contributed by atoms with E-state index in [-0.39, 0.29) is 22.8 Å². The first kappa shape index (κ1) is 16.9. The Morgan fingerprint density at radius 3 is 2.57 bits per heavy atom. The predicted octanol–water partition coefficient (Wildman–Crippen LogP) is 4.05. The van der Waals surface area contributed by atoms with Gasteiger partial charge in [0.05, 0.1) is 22.8 Å². The maximum atomic E-state index is 13.2. The van der Waals surface area contributed by atoms with Gasteiger partial charge in [-0.1, -0.05) is 17.7 Å². The zero-order valence-electron chi connectivity index (χ0n) is 12.0. The van der Waals surface area contributed by atoms with Crippen molar-refractivity contribution in [2.75, 3.05) is 11.9 Å². The topological polar surface area (TPSA) is 55.4 Å². The first-order chi connectivity index (χ1) is 10.9. The molecule has 7 heteroatoms. The van der Waals surface area contributed by atoms with Crippen LogP contribution in [0.15, 0.2) is 36.4 Å². The van der Waals surface area contributed by atoms with E-state index in [0.717, 1.165) is 6.07 Å². The Kier molecular flexibility index (Phi) is 5.28. The maximum Gasteiger partial charge on any atom is 0.338 e. The van der Waals surface area contributed by atoms with Crippen LogP contribution in [0.3, 0.4) is 0 Å². The molecule has 2 aromatic carbocycles.